The van der Waals surface area contributed by atoms with Gasteiger partial charge in [0.15, 0.2) is 0 Å². The molecule has 2 heterocycles. The Morgan fingerprint density at radius 1 is 1.12 bits per heavy atom. The molecule has 10 nitrogen and oxygen atoms in total. The van der Waals surface area contributed by atoms with E-state index in [4.69, 9.17) is 14.2 Å². The van der Waals surface area contributed by atoms with Crippen molar-refractivity contribution in [3.05, 3.63) is 35.4 Å². The molecule has 10 atom stereocenters. The van der Waals surface area contributed by atoms with Crippen molar-refractivity contribution in [1.82, 2.24) is 16.0 Å². The molecule has 6 N–H and O–H groups in total. The van der Waals surface area contributed by atoms with Gasteiger partial charge in [0, 0.05) is 0 Å². The van der Waals surface area contributed by atoms with Crippen molar-refractivity contribution in [1.29, 1.82) is 0 Å². The highest BCUT2D eigenvalue weighted by molar-refractivity contribution is 5.79. The number of carbonyl (C=O) groups is 1. The van der Waals surface area contributed by atoms with Crippen molar-refractivity contribution < 1.29 is 34.3 Å². The van der Waals surface area contributed by atoms with Gasteiger partial charge in [-0.25, -0.2) is 0 Å². The molecule has 6 unspecified atom stereocenters. The SMILES string of the molecule is CNC1C2O[C@@]3(O)C(NC(=O)Cc4cccc(C)c4)C[C@@H](C)OC3OC2[C@@H](O)[C@H](NC)C1O. The Kier molecular flexibility index (Phi) is 7.09. The number of ether oxygens (including phenoxy) is 3. The number of amides is 1. The number of aliphatic hydroxyl groups is 3. The summed E-state index contributed by atoms with van der Waals surface area (Å²) in [6.45, 7) is 3.78. The van der Waals surface area contributed by atoms with Crippen LogP contribution in [0.3, 0.4) is 0 Å². The third-order valence-electron chi connectivity index (χ3n) is 6.93. The van der Waals surface area contributed by atoms with Crippen molar-refractivity contribution in [3.8, 4) is 0 Å². The van der Waals surface area contributed by atoms with Gasteiger partial charge in [0.1, 0.15) is 18.3 Å². The van der Waals surface area contributed by atoms with Gasteiger partial charge < -0.3 is 45.5 Å². The Morgan fingerprint density at radius 2 is 1.85 bits per heavy atom. The second-order valence-corrected chi connectivity index (χ2v) is 9.35. The van der Waals surface area contributed by atoms with Crippen LogP contribution >= 0.6 is 0 Å². The van der Waals surface area contributed by atoms with Gasteiger partial charge in [-0.2, -0.15) is 0 Å². The topological polar surface area (TPSA) is 142 Å². The molecular weight excluding hydrogens is 430 g/mol. The van der Waals surface area contributed by atoms with Gasteiger partial charge in [-0.15, -0.1) is 0 Å². The summed E-state index contributed by atoms with van der Waals surface area (Å²) in [5, 5.41) is 42.0. The van der Waals surface area contributed by atoms with Crippen molar-refractivity contribution in [2.24, 2.45) is 0 Å². The fourth-order valence-electron chi connectivity index (χ4n) is 5.27. The third-order valence-corrected chi connectivity index (χ3v) is 6.93. The largest absolute Gasteiger partial charge is 0.390 e. The second-order valence-electron chi connectivity index (χ2n) is 9.35. The van der Waals surface area contributed by atoms with Crippen molar-refractivity contribution >= 4 is 5.91 Å². The molecule has 1 amide bonds. The Labute approximate surface area is 193 Å². The van der Waals surface area contributed by atoms with Gasteiger partial charge in [-0.05, 0) is 39.9 Å². The number of fused-ring (bicyclic) bond motifs is 2. The van der Waals surface area contributed by atoms with Crippen LogP contribution in [0.5, 0.6) is 0 Å². The number of hydrogen-bond donors (Lipinski definition) is 6. The number of carbonyl (C=O) groups excluding carboxylic acids is 1. The number of rotatable bonds is 5. The fourth-order valence-corrected chi connectivity index (χ4v) is 5.27. The first-order valence-corrected chi connectivity index (χ1v) is 11.4. The van der Waals surface area contributed by atoms with Crippen LogP contribution in [0.1, 0.15) is 24.5 Å². The zero-order chi connectivity index (χ0) is 23.9. The Balaban J connectivity index is 1.55. The first-order valence-electron chi connectivity index (χ1n) is 11.4. The average molecular weight is 466 g/mol. The standard InChI is InChI=1S/C23H35N3O7/c1-11-6-5-7-13(8-11)10-15(27)26-14-9-12(2)31-22-23(14,30)33-20-17(25-4)18(28)16(24-3)19(29)21(20)32-22/h5-8,12,14,16-22,24-25,28-30H,9-10H2,1-4H3,(H,26,27)/t12-,14?,16-,17?,18?,19+,20?,21?,22?,23+/m1/s1. The molecule has 184 valence electrons. The molecule has 10 heteroatoms. The Hall–Kier alpha value is -1.63. The first kappa shape index (κ1) is 24.5. The lowest BCUT2D eigenvalue weighted by molar-refractivity contribution is -0.449. The van der Waals surface area contributed by atoms with Crippen LogP contribution in [0.4, 0.5) is 0 Å². The zero-order valence-electron chi connectivity index (χ0n) is 19.4. The van der Waals surface area contributed by atoms with Crippen LogP contribution in [-0.4, -0.2) is 96.0 Å². The smallest absolute Gasteiger partial charge is 0.239 e. The molecule has 3 fully saturated rings. The molecule has 2 aliphatic heterocycles. The van der Waals surface area contributed by atoms with E-state index in [9.17, 15) is 20.1 Å². The van der Waals surface area contributed by atoms with Crippen LogP contribution < -0.4 is 16.0 Å². The molecule has 0 spiro atoms. The maximum absolute atomic E-state index is 12.8. The van der Waals surface area contributed by atoms with Gasteiger partial charge in [-0.1, -0.05) is 29.8 Å². The normalized spacial score (nSPS) is 42.8. The van der Waals surface area contributed by atoms with Gasteiger partial charge in [-0.3, -0.25) is 4.79 Å². The highest BCUT2D eigenvalue weighted by Gasteiger charge is 2.63. The van der Waals surface area contributed by atoms with E-state index in [1.807, 2.05) is 38.1 Å². The predicted molar refractivity (Wildman–Crippen MR) is 118 cm³/mol. The summed E-state index contributed by atoms with van der Waals surface area (Å²) in [6.07, 6.45) is -4.92. The van der Waals surface area contributed by atoms with Crippen LogP contribution in [0.2, 0.25) is 0 Å². The molecule has 3 aliphatic rings. The third kappa shape index (κ3) is 4.54. The number of likely N-dealkylation sites (N-methyl/N-ethyl adjacent to an activating group) is 2. The summed E-state index contributed by atoms with van der Waals surface area (Å²) >= 11 is 0. The summed E-state index contributed by atoms with van der Waals surface area (Å²) in [4.78, 5) is 12.8. The average Bonchev–Trinajstić information content (AvgIpc) is 2.74. The molecule has 1 aliphatic carbocycles. The number of aliphatic hydroxyl groups excluding tert-OH is 2. The lowest BCUT2D eigenvalue weighted by Gasteiger charge is -2.58. The lowest BCUT2D eigenvalue weighted by atomic mass is 9.79. The molecule has 1 saturated carbocycles. The summed E-state index contributed by atoms with van der Waals surface area (Å²) in [5.74, 6) is -2.25. The zero-order valence-corrected chi connectivity index (χ0v) is 19.4. The Morgan fingerprint density at radius 3 is 2.52 bits per heavy atom. The number of benzene rings is 1. The van der Waals surface area contributed by atoms with E-state index in [0.717, 1.165) is 11.1 Å². The van der Waals surface area contributed by atoms with E-state index in [0.29, 0.717) is 6.42 Å². The monoisotopic (exact) mass is 465 g/mol. The summed E-state index contributed by atoms with van der Waals surface area (Å²) < 4.78 is 18.0. The fraction of sp³-hybridized carbons (Fsp3) is 0.696. The highest BCUT2D eigenvalue weighted by Crippen LogP contribution is 2.41. The summed E-state index contributed by atoms with van der Waals surface area (Å²) in [7, 11) is 3.30. The molecule has 0 aromatic heterocycles. The van der Waals surface area contributed by atoms with E-state index in [-0.39, 0.29) is 18.4 Å². The second kappa shape index (κ2) is 9.55. The Bertz CT molecular complexity index is 857. The molecule has 33 heavy (non-hydrogen) atoms. The highest BCUT2D eigenvalue weighted by atomic mass is 16.8. The summed E-state index contributed by atoms with van der Waals surface area (Å²) in [5.41, 5.74) is 1.92. The quantitative estimate of drug-likeness (QED) is 0.308. The van der Waals surface area contributed by atoms with E-state index in [1.54, 1.807) is 14.1 Å². The van der Waals surface area contributed by atoms with Crippen LogP contribution in [-0.2, 0) is 25.4 Å². The van der Waals surface area contributed by atoms with E-state index < -0.39 is 54.6 Å². The van der Waals surface area contributed by atoms with Gasteiger partial charge in [0.2, 0.25) is 18.0 Å². The molecule has 0 radical (unpaired) electrons. The predicted octanol–water partition coefficient (Wildman–Crippen LogP) is -1.46. The van der Waals surface area contributed by atoms with Crippen LogP contribution in [0.15, 0.2) is 24.3 Å². The van der Waals surface area contributed by atoms with Gasteiger partial charge >= 0.3 is 0 Å². The number of hydrogen-bond acceptors (Lipinski definition) is 9. The molecule has 1 aromatic carbocycles. The van der Waals surface area contributed by atoms with Crippen LogP contribution in [0, 0.1) is 6.92 Å². The number of nitrogens with one attached hydrogen (secondary N) is 3. The van der Waals surface area contributed by atoms with Gasteiger partial charge in [0.25, 0.3) is 0 Å². The van der Waals surface area contributed by atoms with E-state index >= 15 is 0 Å². The molecular formula is C23H35N3O7. The van der Waals surface area contributed by atoms with Crippen molar-refractivity contribution in [3.63, 3.8) is 0 Å². The van der Waals surface area contributed by atoms with Gasteiger partial charge in [0.05, 0.1) is 36.8 Å². The lowest BCUT2D eigenvalue weighted by Crippen LogP contribution is -2.79. The van der Waals surface area contributed by atoms with Crippen molar-refractivity contribution in [2.75, 3.05) is 14.1 Å². The minimum atomic E-state index is -1.99. The maximum Gasteiger partial charge on any atom is 0.239 e. The van der Waals surface area contributed by atoms with Crippen molar-refractivity contribution in [2.45, 2.75) is 87.4 Å². The molecule has 0 bridgehead atoms. The summed E-state index contributed by atoms with van der Waals surface area (Å²) in [6, 6.07) is 5.57. The molecule has 2 saturated heterocycles. The van der Waals surface area contributed by atoms with E-state index in [1.165, 1.54) is 0 Å². The number of aryl methyl sites for hydroxylation is 1. The maximum atomic E-state index is 12.8. The van der Waals surface area contributed by atoms with Crippen LogP contribution in [0.25, 0.3) is 0 Å². The molecule has 1 aromatic rings. The first-order chi connectivity index (χ1) is 15.7. The van der Waals surface area contributed by atoms with E-state index in [2.05, 4.69) is 16.0 Å². The molecule has 4 rings (SSSR count). The minimum absolute atomic E-state index is 0.154. The minimum Gasteiger partial charge on any atom is -0.390 e.